The van der Waals surface area contributed by atoms with Crippen molar-refractivity contribution in [2.24, 2.45) is 11.6 Å². The lowest BCUT2D eigenvalue weighted by Gasteiger charge is -2.17. The van der Waals surface area contributed by atoms with E-state index in [0.29, 0.717) is 60.1 Å². The van der Waals surface area contributed by atoms with E-state index < -0.39 is 5.97 Å². The van der Waals surface area contributed by atoms with Crippen LogP contribution in [0.2, 0.25) is 0 Å². The molecule has 39 heavy (non-hydrogen) atoms. The zero-order valence-corrected chi connectivity index (χ0v) is 22.7. The second kappa shape index (κ2) is 14.5. The Morgan fingerprint density at radius 2 is 1.64 bits per heavy atom. The molecular weight excluding hydrogens is 498 g/mol. The molecule has 0 amide bonds. The first kappa shape index (κ1) is 29.2. The first-order valence-corrected chi connectivity index (χ1v) is 12.9. The van der Waals surface area contributed by atoms with Gasteiger partial charge in [0.15, 0.2) is 0 Å². The molecule has 0 aliphatic rings. The number of hydrogen-bond acceptors (Lipinski definition) is 9. The van der Waals surface area contributed by atoms with Crippen LogP contribution in [0, 0.1) is 0 Å². The number of hydrogen-bond donors (Lipinski definition) is 4. The van der Waals surface area contributed by atoms with Gasteiger partial charge in [-0.1, -0.05) is 38.5 Å². The van der Waals surface area contributed by atoms with Gasteiger partial charge < -0.3 is 35.2 Å². The molecule has 0 unspecified atom stereocenters. The Morgan fingerprint density at radius 3 is 2.31 bits per heavy atom. The predicted molar refractivity (Wildman–Crippen MR) is 151 cm³/mol. The van der Waals surface area contributed by atoms with Gasteiger partial charge in [0.2, 0.25) is 0 Å². The number of phenolic OH excluding ortho intramolecular Hbond substituents is 1. The van der Waals surface area contributed by atoms with Crippen LogP contribution in [0.25, 0.3) is 5.70 Å². The van der Waals surface area contributed by atoms with Crippen molar-refractivity contribution >= 4 is 11.7 Å². The quantitative estimate of drug-likeness (QED) is 0.0966. The van der Waals surface area contributed by atoms with Crippen LogP contribution < -0.4 is 31.2 Å². The number of nitrogens with two attached hydrogens (primary N) is 2. The van der Waals surface area contributed by atoms with Gasteiger partial charge in [-0.05, 0) is 48.7 Å². The van der Waals surface area contributed by atoms with Gasteiger partial charge in [0, 0.05) is 29.8 Å². The molecule has 0 aromatic heterocycles. The van der Waals surface area contributed by atoms with E-state index in [1.54, 1.807) is 30.3 Å². The lowest BCUT2D eigenvalue weighted by atomic mass is 10.0. The summed E-state index contributed by atoms with van der Waals surface area (Å²) in [4.78, 5) is 12.2. The molecule has 3 rings (SSSR count). The predicted octanol–water partition coefficient (Wildman–Crippen LogP) is 5.05. The van der Waals surface area contributed by atoms with E-state index in [9.17, 15) is 9.90 Å². The van der Waals surface area contributed by atoms with E-state index >= 15 is 0 Å². The zero-order chi connectivity index (χ0) is 28.2. The fraction of sp³-hybridized carbons (Fsp3) is 0.300. The van der Waals surface area contributed by atoms with E-state index in [4.69, 9.17) is 30.5 Å². The van der Waals surface area contributed by atoms with Crippen molar-refractivity contribution in [2.45, 2.75) is 39.5 Å². The van der Waals surface area contributed by atoms with Crippen LogP contribution >= 0.6 is 0 Å². The molecule has 3 aromatic rings. The molecule has 0 fully saturated rings. The summed E-state index contributed by atoms with van der Waals surface area (Å²) >= 11 is 0. The third-order valence-electron chi connectivity index (χ3n) is 6.08. The maximum absolute atomic E-state index is 12.2. The van der Waals surface area contributed by atoms with Gasteiger partial charge in [-0.2, -0.15) is 0 Å². The molecular formula is C30H37N3O6. The third kappa shape index (κ3) is 7.36. The molecule has 0 atom stereocenters. The first-order valence-electron chi connectivity index (χ1n) is 12.9. The van der Waals surface area contributed by atoms with Crippen LogP contribution in [-0.4, -0.2) is 31.4 Å². The molecule has 208 valence electrons. The highest BCUT2D eigenvalue weighted by atomic mass is 16.5. The minimum atomic E-state index is -0.462. The van der Waals surface area contributed by atoms with Crippen LogP contribution in [-0.2, 0) is 17.6 Å². The van der Waals surface area contributed by atoms with Gasteiger partial charge in [0.1, 0.15) is 34.3 Å². The van der Waals surface area contributed by atoms with E-state index in [1.165, 1.54) is 13.3 Å². The number of esters is 1. The van der Waals surface area contributed by atoms with E-state index in [2.05, 4.69) is 12.3 Å². The summed E-state index contributed by atoms with van der Waals surface area (Å²) in [5, 5.41) is 10.4. The van der Waals surface area contributed by atoms with Crippen LogP contribution in [0.3, 0.4) is 0 Å². The minimum Gasteiger partial charge on any atom is -0.507 e. The van der Waals surface area contributed by atoms with Crippen LogP contribution in [0.5, 0.6) is 28.7 Å². The lowest BCUT2D eigenvalue weighted by molar-refractivity contribution is 0.0598. The number of methoxy groups -OCH3 is 1. The number of para-hydroxylation sites is 1. The highest BCUT2D eigenvalue weighted by molar-refractivity contribution is 5.92. The molecule has 0 saturated carbocycles. The maximum Gasteiger partial charge on any atom is 0.341 e. The van der Waals surface area contributed by atoms with Gasteiger partial charge in [-0.25, -0.2) is 4.79 Å². The molecule has 0 spiro atoms. The largest absolute Gasteiger partial charge is 0.507 e. The summed E-state index contributed by atoms with van der Waals surface area (Å²) in [5.41, 5.74) is 11.2. The first-order chi connectivity index (χ1) is 19.0. The summed E-state index contributed by atoms with van der Waals surface area (Å²) in [7, 11) is 1.34. The Balaban J connectivity index is 1.67. The number of carbonyl (C=O) groups excluding carboxylic acids is 1. The fourth-order valence-corrected chi connectivity index (χ4v) is 4.10. The summed E-state index contributed by atoms with van der Waals surface area (Å²) in [6.45, 7) is 4.90. The van der Waals surface area contributed by atoms with Crippen molar-refractivity contribution in [3.8, 4) is 28.7 Å². The average molecular weight is 536 g/mol. The van der Waals surface area contributed by atoms with E-state index in [1.807, 2.05) is 31.2 Å². The number of aromatic hydroxyl groups is 1. The smallest absolute Gasteiger partial charge is 0.341 e. The Morgan fingerprint density at radius 1 is 0.949 bits per heavy atom. The number of hydrazine groups is 1. The van der Waals surface area contributed by atoms with E-state index in [-0.39, 0.29) is 5.75 Å². The molecule has 9 heteroatoms. The number of rotatable bonds is 14. The maximum atomic E-state index is 12.2. The molecule has 0 radical (unpaired) electrons. The number of nitrogens with one attached hydrogen (secondary N) is 1. The van der Waals surface area contributed by atoms with Crippen LogP contribution in [0.4, 0.5) is 0 Å². The number of carbonyl (C=O) groups is 1. The summed E-state index contributed by atoms with van der Waals surface area (Å²) in [5.74, 6) is 7.41. The van der Waals surface area contributed by atoms with Gasteiger partial charge in [0.05, 0.1) is 26.0 Å². The van der Waals surface area contributed by atoms with Gasteiger partial charge in [-0.15, -0.1) is 0 Å². The van der Waals surface area contributed by atoms with Crippen LogP contribution in [0.15, 0.2) is 60.8 Å². The normalized spacial score (nSPS) is 11.1. The van der Waals surface area contributed by atoms with Crippen molar-refractivity contribution < 1.29 is 28.8 Å². The number of phenols is 1. The topological polar surface area (TPSA) is 138 Å². The SMILES string of the molecule is CCCc1c(OCCCOc2cc(O)c(/C(=C/N)NN)cc2CC)cccc1Oc1ccccc1C(=O)OC. The van der Waals surface area contributed by atoms with Crippen molar-refractivity contribution in [1.29, 1.82) is 0 Å². The van der Waals surface area contributed by atoms with Gasteiger partial charge in [-0.3, -0.25) is 5.84 Å². The van der Waals surface area contributed by atoms with Crippen molar-refractivity contribution in [2.75, 3.05) is 20.3 Å². The molecule has 0 saturated heterocycles. The summed E-state index contributed by atoms with van der Waals surface area (Å²) < 4.78 is 23.1. The fourth-order valence-electron chi connectivity index (χ4n) is 4.10. The van der Waals surface area contributed by atoms with E-state index in [0.717, 1.165) is 29.7 Å². The highest BCUT2D eigenvalue weighted by Crippen LogP contribution is 2.35. The average Bonchev–Trinajstić information content (AvgIpc) is 2.95. The zero-order valence-electron chi connectivity index (χ0n) is 22.7. The second-order valence-electron chi connectivity index (χ2n) is 8.68. The lowest BCUT2D eigenvalue weighted by Crippen LogP contribution is -2.21. The standard InChI is InChI=1S/C30H37N3O6/c1-4-10-21-26(13-8-14-27(21)39-28-12-7-6-11-22(28)30(35)36-3)37-15-9-16-38-29-18-25(34)23(17-20(29)5-2)24(19-31)33-32/h6-8,11-14,17-19,33-34H,4-5,9-10,15-16,31-32H2,1-3H3/b24-19-. The van der Waals surface area contributed by atoms with Crippen molar-refractivity contribution in [1.82, 2.24) is 5.43 Å². The Kier molecular flexibility index (Phi) is 10.9. The van der Waals surface area contributed by atoms with Crippen LogP contribution in [0.1, 0.15) is 53.7 Å². The number of ether oxygens (including phenoxy) is 4. The minimum absolute atomic E-state index is 0.0166. The third-order valence-corrected chi connectivity index (χ3v) is 6.08. The summed E-state index contributed by atoms with van der Waals surface area (Å²) in [6.07, 6.45) is 4.25. The Bertz CT molecular complexity index is 1290. The molecule has 0 aliphatic heterocycles. The second-order valence-corrected chi connectivity index (χ2v) is 8.68. The molecule has 3 aromatic carbocycles. The summed E-state index contributed by atoms with van der Waals surface area (Å²) in [6, 6.07) is 16.0. The monoisotopic (exact) mass is 535 g/mol. The molecule has 0 bridgehead atoms. The molecule has 0 heterocycles. The molecule has 0 aliphatic carbocycles. The molecule has 9 nitrogen and oxygen atoms in total. The van der Waals surface area contributed by atoms with Crippen molar-refractivity contribution in [3.05, 3.63) is 83.1 Å². The van der Waals surface area contributed by atoms with Gasteiger partial charge >= 0.3 is 5.97 Å². The van der Waals surface area contributed by atoms with Gasteiger partial charge in [0.25, 0.3) is 0 Å². The number of benzene rings is 3. The highest BCUT2D eigenvalue weighted by Gasteiger charge is 2.17. The number of aryl methyl sites for hydroxylation is 1. The Labute approximate surface area is 229 Å². The van der Waals surface area contributed by atoms with Crippen molar-refractivity contribution in [3.63, 3.8) is 0 Å². The Hall–Kier alpha value is -4.37. The molecule has 6 N–H and O–H groups in total.